The second-order valence-electron chi connectivity index (χ2n) is 4.96. The summed E-state index contributed by atoms with van der Waals surface area (Å²) in [6, 6.07) is 9.48. The predicted molar refractivity (Wildman–Crippen MR) is 113 cm³/mol. The number of pyridine rings is 1. The molecule has 0 spiro atoms. The lowest BCUT2D eigenvalue weighted by molar-refractivity contribution is 0.278. The van der Waals surface area contributed by atoms with Crippen molar-refractivity contribution in [1.29, 1.82) is 0 Å². The highest BCUT2D eigenvalue weighted by molar-refractivity contribution is 9.10. The van der Waals surface area contributed by atoms with E-state index in [4.69, 9.17) is 16.3 Å². The number of rotatable bonds is 6. The number of aliphatic hydroxyl groups excluding tert-OH is 1. The van der Waals surface area contributed by atoms with Crippen LogP contribution in [0.4, 0.5) is 5.82 Å². The molecule has 3 rings (SSSR count). The molecule has 26 heavy (non-hydrogen) atoms. The minimum atomic E-state index is 0.0687. The Morgan fingerprint density at radius 3 is 2.77 bits per heavy atom. The standard InChI is InChI=1S/C16H15BrClN3O2S.C2H6/c1-23-16-12(17)4-5-15(19-16)20-24-14-9-21(6-7-22)13-8-10(18)2-3-11(13)14;1-2/h2-5,8-9,22H,6-7H2,1H3,(H,19,20);1-2H3. The van der Waals surface area contributed by atoms with Crippen molar-refractivity contribution in [2.75, 3.05) is 18.4 Å². The number of hydrogen-bond acceptors (Lipinski definition) is 5. The molecular weight excluding hydrogens is 438 g/mol. The molecule has 2 aromatic heterocycles. The summed E-state index contributed by atoms with van der Waals surface area (Å²) in [6.45, 7) is 4.58. The first-order valence-corrected chi connectivity index (χ1v) is 10.1. The molecule has 0 aliphatic heterocycles. The normalized spacial score (nSPS) is 10.4. The maximum absolute atomic E-state index is 9.24. The number of nitrogens with zero attached hydrogens (tertiary/aromatic N) is 2. The van der Waals surface area contributed by atoms with E-state index in [0.29, 0.717) is 23.3 Å². The molecule has 5 nitrogen and oxygen atoms in total. The molecular formula is C18H21BrClN3O2S. The van der Waals surface area contributed by atoms with Crippen molar-refractivity contribution in [1.82, 2.24) is 9.55 Å². The van der Waals surface area contributed by atoms with Gasteiger partial charge in [-0.15, -0.1) is 0 Å². The summed E-state index contributed by atoms with van der Waals surface area (Å²) in [5.74, 6) is 1.21. The van der Waals surface area contributed by atoms with Gasteiger partial charge in [0.25, 0.3) is 0 Å². The van der Waals surface area contributed by atoms with E-state index in [0.717, 1.165) is 20.3 Å². The lowest BCUT2D eigenvalue weighted by Gasteiger charge is -2.07. The zero-order chi connectivity index (χ0) is 19.1. The Labute approximate surface area is 171 Å². The minimum Gasteiger partial charge on any atom is -0.480 e. The molecule has 0 amide bonds. The summed E-state index contributed by atoms with van der Waals surface area (Å²) in [5.41, 5.74) is 0.988. The number of aromatic nitrogens is 2. The van der Waals surface area contributed by atoms with Gasteiger partial charge in [-0.2, -0.15) is 4.98 Å². The van der Waals surface area contributed by atoms with Crippen molar-refractivity contribution in [3.63, 3.8) is 0 Å². The molecule has 0 unspecified atom stereocenters. The molecule has 3 aromatic rings. The maximum Gasteiger partial charge on any atom is 0.229 e. The Hall–Kier alpha value is -1.41. The molecule has 2 N–H and O–H groups in total. The largest absolute Gasteiger partial charge is 0.480 e. The Morgan fingerprint density at radius 1 is 1.31 bits per heavy atom. The number of nitrogens with one attached hydrogen (secondary N) is 1. The van der Waals surface area contributed by atoms with Crippen LogP contribution in [0, 0.1) is 0 Å². The van der Waals surface area contributed by atoms with E-state index in [-0.39, 0.29) is 6.61 Å². The highest BCUT2D eigenvalue weighted by atomic mass is 79.9. The van der Waals surface area contributed by atoms with E-state index >= 15 is 0 Å². The highest BCUT2D eigenvalue weighted by Crippen LogP contribution is 2.33. The first kappa shape index (κ1) is 20.9. The van der Waals surface area contributed by atoms with Gasteiger partial charge in [-0.3, -0.25) is 0 Å². The van der Waals surface area contributed by atoms with Gasteiger partial charge in [-0.25, -0.2) is 0 Å². The van der Waals surface area contributed by atoms with Gasteiger partial charge in [0, 0.05) is 23.2 Å². The average Bonchev–Trinajstić information content (AvgIpc) is 3.00. The number of ether oxygens (including phenoxy) is 1. The van der Waals surface area contributed by atoms with Crippen molar-refractivity contribution in [3.05, 3.63) is 46.0 Å². The Kier molecular flexibility index (Phi) is 8.09. The summed E-state index contributed by atoms with van der Waals surface area (Å²) in [6.07, 6.45) is 1.99. The monoisotopic (exact) mass is 457 g/mol. The number of anilines is 1. The topological polar surface area (TPSA) is 59.3 Å². The summed E-state index contributed by atoms with van der Waals surface area (Å²) in [7, 11) is 1.58. The Balaban J connectivity index is 0.00000117. The van der Waals surface area contributed by atoms with Gasteiger partial charge in [-0.05, 0) is 52.1 Å². The van der Waals surface area contributed by atoms with E-state index in [1.807, 2.05) is 54.9 Å². The second kappa shape index (κ2) is 10.1. The number of fused-ring (bicyclic) bond motifs is 1. The fraction of sp³-hybridized carbons (Fsp3) is 0.278. The molecule has 0 fully saturated rings. The van der Waals surface area contributed by atoms with Crippen molar-refractivity contribution in [2.24, 2.45) is 0 Å². The smallest absolute Gasteiger partial charge is 0.229 e. The predicted octanol–water partition coefficient (Wildman–Crippen LogP) is 5.60. The number of aliphatic hydroxyl groups is 1. The van der Waals surface area contributed by atoms with Gasteiger partial charge in [0.1, 0.15) is 5.82 Å². The number of benzene rings is 1. The fourth-order valence-electron chi connectivity index (χ4n) is 2.34. The zero-order valence-electron chi connectivity index (χ0n) is 14.8. The van der Waals surface area contributed by atoms with Crippen LogP contribution in [0.1, 0.15) is 13.8 Å². The van der Waals surface area contributed by atoms with Gasteiger partial charge in [0.15, 0.2) is 0 Å². The molecule has 1 aromatic carbocycles. The molecule has 140 valence electrons. The SMILES string of the molecule is CC.COc1nc(NSc2cn(CCO)c3cc(Cl)ccc23)ccc1Br. The third-order valence-corrected chi connectivity index (χ3v) is 5.12. The van der Waals surface area contributed by atoms with Crippen LogP contribution in [0.3, 0.4) is 0 Å². The number of hydrogen-bond donors (Lipinski definition) is 2. The molecule has 0 aliphatic carbocycles. The second-order valence-corrected chi connectivity index (χ2v) is 7.10. The third-order valence-electron chi connectivity index (χ3n) is 3.42. The van der Waals surface area contributed by atoms with Gasteiger partial charge >= 0.3 is 0 Å². The Bertz CT molecular complexity index is 873. The van der Waals surface area contributed by atoms with E-state index < -0.39 is 0 Å². The van der Waals surface area contributed by atoms with Gasteiger partial charge in [-0.1, -0.05) is 31.5 Å². The quantitative estimate of drug-likeness (QED) is 0.471. The summed E-state index contributed by atoms with van der Waals surface area (Å²) < 4.78 is 11.2. The van der Waals surface area contributed by atoms with Crippen molar-refractivity contribution in [3.8, 4) is 5.88 Å². The van der Waals surface area contributed by atoms with Gasteiger partial charge in [0.2, 0.25) is 5.88 Å². The van der Waals surface area contributed by atoms with Crippen LogP contribution >= 0.6 is 39.5 Å². The molecule has 2 heterocycles. The molecule has 0 aliphatic rings. The van der Waals surface area contributed by atoms with Gasteiger partial charge < -0.3 is 19.1 Å². The van der Waals surface area contributed by atoms with Crippen LogP contribution in [-0.2, 0) is 6.54 Å². The van der Waals surface area contributed by atoms with E-state index in [9.17, 15) is 5.11 Å². The fourth-order valence-corrected chi connectivity index (χ4v) is 3.68. The van der Waals surface area contributed by atoms with E-state index in [2.05, 4.69) is 25.6 Å². The lowest BCUT2D eigenvalue weighted by atomic mass is 10.2. The first-order chi connectivity index (χ1) is 12.6. The molecule has 0 radical (unpaired) electrons. The summed E-state index contributed by atoms with van der Waals surface area (Å²) in [4.78, 5) is 5.40. The molecule has 0 atom stereocenters. The molecule has 8 heteroatoms. The van der Waals surface area contributed by atoms with Crippen LogP contribution in [-0.4, -0.2) is 28.4 Å². The lowest BCUT2D eigenvalue weighted by Crippen LogP contribution is -1.99. The zero-order valence-corrected chi connectivity index (χ0v) is 18.0. The van der Waals surface area contributed by atoms with Crippen molar-refractivity contribution >= 4 is 56.2 Å². The van der Waals surface area contributed by atoms with Crippen LogP contribution < -0.4 is 9.46 Å². The summed E-state index contributed by atoms with van der Waals surface area (Å²) >= 11 is 10.9. The van der Waals surface area contributed by atoms with E-state index in [1.165, 1.54) is 11.9 Å². The van der Waals surface area contributed by atoms with Crippen LogP contribution in [0.2, 0.25) is 5.02 Å². The molecule has 0 bridgehead atoms. The maximum atomic E-state index is 9.24. The van der Waals surface area contributed by atoms with Crippen molar-refractivity contribution < 1.29 is 9.84 Å². The number of halogens is 2. The Morgan fingerprint density at radius 2 is 2.08 bits per heavy atom. The van der Waals surface area contributed by atoms with Gasteiger partial charge in [0.05, 0.1) is 28.6 Å². The van der Waals surface area contributed by atoms with E-state index in [1.54, 1.807) is 7.11 Å². The average molecular weight is 459 g/mol. The van der Waals surface area contributed by atoms with Crippen LogP contribution in [0.15, 0.2) is 45.9 Å². The van der Waals surface area contributed by atoms with Crippen LogP contribution in [0.5, 0.6) is 5.88 Å². The third kappa shape index (κ3) is 4.85. The summed E-state index contributed by atoms with van der Waals surface area (Å²) in [5, 5.41) is 11.0. The van der Waals surface area contributed by atoms with Crippen molar-refractivity contribution in [2.45, 2.75) is 25.3 Å². The molecule has 0 saturated heterocycles. The minimum absolute atomic E-state index is 0.0687. The van der Waals surface area contributed by atoms with Crippen LogP contribution in [0.25, 0.3) is 10.9 Å². The highest BCUT2D eigenvalue weighted by Gasteiger charge is 2.11. The molecule has 0 saturated carbocycles. The first-order valence-electron chi connectivity index (χ1n) is 8.15. The number of methoxy groups -OCH3 is 1.